The van der Waals surface area contributed by atoms with Crippen LogP contribution >= 0.6 is 0 Å². The largest absolute Gasteiger partial charge is 0.383 e. The average Bonchev–Trinajstić information content (AvgIpc) is 2.76. The molecule has 1 atom stereocenters. The highest BCUT2D eigenvalue weighted by atomic mass is 16.5. The second-order valence-electron chi connectivity index (χ2n) is 4.04. The van der Waals surface area contributed by atoms with Gasteiger partial charge in [0.05, 0.1) is 13.2 Å². The summed E-state index contributed by atoms with van der Waals surface area (Å²) in [6.07, 6.45) is 4.63. The lowest BCUT2D eigenvalue weighted by Gasteiger charge is -2.08. The van der Waals surface area contributed by atoms with Crippen LogP contribution < -0.4 is 5.32 Å². The molecule has 1 rings (SSSR count). The van der Waals surface area contributed by atoms with E-state index in [1.165, 1.54) is 12.0 Å². The van der Waals surface area contributed by atoms with Crippen LogP contribution in [0.1, 0.15) is 19.8 Å². The molecule has 1 saturated heterocycles. The highest BCUT2D eigenvalue weighted by molar-refractivity contribution is 5.04. The summed E-state index contributed by atoms with van der Waals surface area (Å²) in [5.74, 6) is 0.670. The quantitative estimate of drug-likeness (QED) is 0.514. The van der Waals surface area contributed by atoms with Gasteiger partial charge in [-0.15, -0.1) is 0 Å². The van der Waals surface area contributed by atoms with Gasteiger partial charge in [-0.25, -0.2) is 0 Å². The maximum atomic E-state index is 5.36. The van der Waals surface area contributed by atoms with Crippen molar-refractivity contribution in [2.24, 2.45) is 5.92 Å². The second kappa shape index (κ2) is 7.85. The topological polar surface area (TPSA) is 30.5 Å². The monoisotopic (exact) mass is 213 g/mol. The van der Waals surface area contributed by atoms with Crippen LogP contribution in [0, 0.1) is 5.92 Å². The van der Waals surface area contributed by atoms with Gasteiger partial charge < -0.3 is 14.8 Å². The van der Waals surface area contributed by atoms with E-state index in [0.717, 1.165) is 39.3 Å². The molecule has 3 heteroatoms. The molecule has 0 radical (unpaired) electrons. The molecule has 1 heterocycles. The van der Waals surface area contributed by atoms with Crippen LogP contribution in [0.4, 0.5) is 0 Å². The molecule has 0 aliphatic carbocycles. The standard InChI is InChI=1S/C12H23NO2/c1-11(12-5-8-15-10-12)4-3-6-13-7-9-14-2/h4,12-13H,3,5-10H2,1-2H3. The van der Waals surface area contributed by atoms with Gasteiger partial charge in [0.15, 0.2) is 0 Å². The molecule has 1 fully saturated rings. The number of rotatable bonds is 7. The van der Waals surface area contributed by atoms with Crippen LogP contribution in [0.15, 0.2) is 11.6 Å². The summed E-state index contributed by atoms with van der Waals surface area (Å²) >= 11 is 0. The highest BCUT2D eigenvalue weighted by Gasteiger charge is 2.16. The van der Waals surface area contributed by atoms with E-state index in [2.05, 4.69) is 18.3 Å². The minimum atomic E-state index is 0.670. The molecule has 0 saturated carbocycles. The molecule has 0 aromatic carbocycles. The fraction of sp³-hybridized carbons (Fsp3) is 0.833. The Kier molecular flexibility index (Phi) is 6.64. The van der Waals surface area contributed by atoms with Gasteiger partial charge in [0.1, 0.15) is 0 Å². The SMILES string of the molecule is COCCNCCC=C(C)C1CCOC1. The zero-order chi connectivity index (χ0) is 10.9. The molecule has 0 bridgehead atoms. The van der Waals surface area contributed by atoms with Gasteiger partial charge >= 0.3 is 0 Å². The fourth-order valence-corrected chi connectivity index (χ4v) is 1.76. The number of hydrogen-bond acceptors (Lipinski definition) is 3. The van der Waals surface area contributed by atoms with Crippen LogP contribution in [-0.2, 0) is 9.47 Å². The van der Waals surface area contributed by atoms with E-state index < -0.39 is 0 Å². The summed E-state index contributed by atoms with van der Waals surface area (Å²) in [5, 5.41) is 3.33. The van der Waals surface area contributed by atoms with Crippen LogP contribution in [0.5, 0.6) is 0 Å². The van der Waals surface area contributed by atoms with E-state index in [9.17, 15) is 0 Å². The number of ether oxygens (including phenoxy) is 2. The zero-order valence-corrected chi connectivity index (χ0v) is 9.92. The van der Waals surface area contributed by atoms with E-state index in [4.69, 9.17) is 9.47 Å². The predicted molar refractivity (Wildman–Crippen MR) is 62.0 cm³/mol. The molecule has 1 unspecified atom stereocenters. The highest BCUT2D eigenvalue weighted by Crippen LogP contribution is 2.20. The molecular weight excluding hydrogens is 190 g/mol. The Bertz CT molecular complexity index is 186. The van der Waals surface area contributed by atoms with Gasteiger partial charge in [-0.1, -0.05) is 11.6 Å². The lowest BCUT2D eigenvalue weighted by atomic mass is 9.99. The first-order valence-electron chi connectivity index (χ1n) is 5.78. The van der Waals surface area contributed by atoms with Crippen molar-refractivity contribution >= 4 is 0 Å². The van der Waals surface area contributed by atoms with Gasteiger partial charge in [-0.05, 0) is 26.3 Å². The Morgan fingerprint density at radius 2 is 2.40 bits per heavy atom. The molecule has 0 spiro atoms. The smallest absolute Gasteiger partial charge is 0.0587 e. The molecule has 1 aliphatic rings. The predicted octanol–water partition coefficient (Wildman–Crippen LogP) is 1.60. The second-order valence-corrected chi connectivity index (χ2v) is 4.04. The first kappa shape index (κ1) is 12.7. The minimum absolute atomic E-state index is 0.670. The van der Waals surface area contributed by atoms with Gasteiger partial charge in [0.25, 0.3) is 0 Å². The zero-order valence-electron chi connectivity index (χ0n) is 9.92. The van der Waals surface area contributed by atoms with E-state index in [1.807, 2.05) is 0 Å². The van der Waals surface area contributed by atoms with Crippen molar-refractivity contribution in [1.82, 2.24) is 5.32 Å². The van der Waals surface area contributed by atoms with Crippen molar-refractivity contribution in [3.8, 4) is 0 Å². The first-order valence-corrected chi connectivity index (χ1v) is 5.78. The van der Waals surface area contributed by atoms with Crippen molar-refractivity contribution in [3.05, 3.63) is 11.6 Å². The van der Waals surface area contributed by atoms with E-state index in [0.29, 0.717) is 5.92 Å². The maximum absolute atomic E-state index is 5.36. The lowest BCUT2D eigenvalue weighted by Crippen LogP contribution is -2.19. The molecule has 3 nitrogen and oxygen atoms in total. The Morgan fingerprint density at radius 1 is 1.53 bits per heavy atom. The first-order chi connectivity index (χ1) is 7.34. The van der Waals surface area contributed by atoms with E-state index in [1.54, 1.807) is 7.11 Å². The van der Waals surface area contributed by atoms with Crippen LogP contribution in [0.3, 0.4) is 0 Å². The Morgan fingerprint density at radius 3 is 3.07 bits per heavy atom. The Labute approximate surface area is 92.8 Å². The number of hydrogen-bond donors (Lipinski definition) is 1. The lowest BCUT2D eigenvalue weighted by molar-refractivity contribution is 0.190. The molecule has 0 amide bonds. The molecule has 15 heavy (non-hydrogen) atoms. The number of nitrogens with one attached hydrogen (secondary N) is 1. The Balaban J connectivity index is 2.03. The van der Waals surface area contributed by atoms with Gasteiger partial charge in [-0.3, -0.25) is 0 Å². The molecule has 1 N–H and O–H groups in total. The van der Waals surface area contributed by atoms with Gasteiger partial charge in [0.2, 0.25) is 0 Å². The van der Waals surface area contributed by atoms with Crippen LogP contribution in [0.25, 0.3) is 0 Å². The summed E-state index contributed by atoms with van der Waals surface area (Å²) in [7, 11) is 1.73. The molecule has 0 aromatic heterocycles. The van der Waals surface area contributed by atoms with E-state index in [-0.39, 0.29) is 0 Å². The normalized spacial score (nSPS) is 22.3. The minimum Gasteiger partial charge on any atom is -0.383 e. The summed E-state index contributed by atoms with van der Waals surface area (Å²) in [6.45, 7) is 6.83. The third-order valence-electron chi connectivity index (χ3n) is 2.84. The summed E-state index contributed by atoms with van der Waals surface area (Å²) in [4.78, 5) is 0. The van der Waals surface area contributed by atoms with Crippen molar-refractivity contribution in [3.63, 3.8) is 0 Å². The summed E-state index contributed by atoms with van der Waals surface area (Å²) in [6, 6.07) is 0. The van der Waals surface area contributed by atoms with Gasteiger partial charge in [0, 0.05) is 26.2 Å². The van der Waals surface area contributed by atoms with Crippen molar-refractivity contribution in [2.75, 3.05) is 40.0 Å². The van der Waals surface area contributed by atoms with E-state index >= 15 is 0 Å². The summed E-state index contributed by atoms with van der Waals surface area (Å²) < 4.78 is 10.3. The molecule has 88 valence electrons. The molecular formula is C12H23NO2. The average molecular weight is 213 g/mol. The van der Waals surface area contributed by atoms with Crippen molar-refractivity contribution < 1.29 is 9.47 Å². The third-order valence-corrected chi connectivity index (χ3v) is 2.84. The maximum Gasteiger partial charge on any atom is 0.0587 e. The fourth-order valence-electron chi connectivity index (χ4n) is 1.76. The van der Waals surface area contributed by atoms with Crippen molar-refractivity contribution in [1.29, 1.82) is 0 Å². The number of methoxy groups -OCH3 is 1. The molecule has 0 aromatic rings. The van der Waals surface area contributed by atoms with Gasteiger partial charge in [-0.2, -0.15) is 0 Å². The Hall–Kier alpha value is -0.380. The van der Waals surface area contributed by atoms with Crippen molar-refractivity contribution in [2.45, 2.75) is 19.8 Å². The molecule has 1 aliphatic heterocycles. The summed E-state index contributed by atoms with van der Waals surface area (Å²) in [5.41, 5.74) is 1.49. The third kappa shape index (κ3) is 5.30. The van der Waals surface area contributed by atoms with Crippen LogP contribution in [0.2, 0.25) is 0 Å². The van der Waals surface area contributed by atoms with Crippen LogP contribution in [-0.4, -0.2) is 40.0 Å².